The molecule has 0 saturated carbocycles. The molecule has 1 rings (SSSR count). The summed E-state index contributed by atoms with van der Waals surface area (Å²) in [7, 11) is 0. The predicted octanol–water partition coefficient (Wildman–Crippen LogP) is 4.31. The zero-order valence-corrected chi connectivity index (χ0v) is 12.6. The third-order valence-electron chi connectivity index (χ3n) is 3.06. The monoisotopic (exact) mass is 298 g/mol. The maximum absolute atomic E-state index is 12.1. The molecule has 0 fully saturated rings. The first-order chi connectivity index (χ1) is 7.77. The van der Waals surface area contributed by atoms with E-state index < -0.39 is 0 Å². The molecule has 17 heavy (non-hydrogen) atoms. The van der Waals surface area contributed by atoms with Gasteiger partial charge in [-0.25, -0.2) is 0 Å². The summed E-state index contributed by atoms with van der Waals surface area (Å²) in [6, 6.07) is 0. The second kappa shape index (κ2) is 5.21. The number of hydrogen-bond donors (Lipinski definition) is 1. The zero-order valence-electron chi connectivity index (χ0n) is 11.0. The molecule has 0 bridgehead atoms. The van der Waals surface area contributed by atoms with Crippen LogP contribution >= 0.6 is 15.9 Å². The molecule has 0 amide bonds. The number of Topliss-reactive ketones (excluding diaryl/α,β-unsaturated/α-hetero) is 1. The molecule has 0 spiro atoms. The summed E-state index contributed by atoms with van der Waals surface area (Å²) in [5, 5.41) is 10.1. The molecule has 1 aromatic rings. The summed E-state index contributed by atoms with van der Waals surface area (Å²) in [6.07, 6.45) is 0.462. The minimum absolute atomic E-state index is 0.0128. The van der Waals surface area contributed by atoms with Gasteiger partial charge in [0, 0.05) is 10.9 Å². The van der Waals surface area contributed by atoms with Gasteiger partial charge in [-0.3, -0.25) is 4.79 Å². The van der Waals surface area contributed by atoms with Crippen molar-refractivity contribution < 1.29 is 9.90 Å². The van der Waals surface area contributed by atoms with Crippen LogP contribution in [0.25, 0.3) is 0 Å². The first kappa shape index (κ1) is 14.2. The molecule has 0 heterocycles. The molecule has 0 atom stereocenters. The number of carbonyl (C=O) groups is 1. The molecule has 3 heteroatoms. The number of phenols is 1. The average molecular weight is 299 g/mol. The van der Waals surface area contributed by atoms with Crippen molar-refractivity contribution in [3.05, 3.63) is 26.7 Å². The highest BCUT2D eigenvalue weighted by Crippen LogP contribution is 2.36. The summed E-state index contributed by atoms with van der Waals surface area (Å²) in [5.74, 6) is 0.439. The predicted molar refractivity (Wildman–Crippen MR) is 73.8 cm³/mol. The summed E-state index contributed by atoms with van der Waals surface area (Å²) < 4.78 is 0.917. The number of carbonyl (C=O) groups excluding carboxylic acids is 1. The fourth-order valence-electron chi connectivity index (χ4n) is 1.91. The number of aromatic hydroxyl groups is 1. The molecule has 0 aliphatic heterocycles. The summed E-state index contributed by atoms with van der Waals surface area (Å²) in [6.45, 7) is 9.63. The van der Waals surface area contributed by atoms with Gasteiger partial charge >= 0.3 is 0 Å². The average Bonchev–Trinajstić information content (AvgIpc) is 2.23. The number of halogens is 1. The number of hydrogen-bond acceptors (Lipinski definition) is 2. The van der Waals surface area contributed by atoms with Gasteiger partial charge < -0.3 is 5.11 Å². The largest absolute Gasteiger partial charge is 0.507 e. The number of phenolic OH excluding ortho intramolecular Hbond substituents is 1. The van der Waals surface area contributed by atoms with E-state index in [0.717, 1.165) is 21.2 Å². The van der Waals surface area contributed by atoms with E-state index >= 15 is 0 Å². The molecule has 0 unspecified atom stereocenters. The van der Waals surface area contributed by atoms with E-state index in [9.17, 15) is 9.90 Å². The number of benzene rings is 1. The second-order valence-electron chi connectivity index (χ2n) is 4.93. The number of rotatable bonds is 3. The van der Waals surface area contributed by atoms with Gasteiger partial charge in [0.05, 0.1) is 5.56 Å². The van der Waals surface area contributed by atoms with Crippen LogP contribution in [-0.4, -0.2) is 10.9 Å². The molecular weight excluding hydrogens is 280 g/mol. The fourth-order valence-corrected chi connectivity index (χ4v) is 2.41. The van der Waals surface area contributed by atoms with Crippen LogP contribution in [0.2, 0.25) is 0 Å². The molecule has 1 aromatic carbocycles. The topological polar surface area (TPSA) is 37.3 Å². The van der Waals surface area contributed by atoms with Crippen LogP contribution in [0.3, 0.4) is 0 Å². The van der Waals surface area contributed by atoms with Crippen LogP contribution in [0, 0.1) is 26.7 Å². The van der Waals surface area contributed by atoms with Crippen molar-refractivity contribution in [2.75, 3.05) is 0 Å². The van der Waals surface area contributed by atoms with Crippen molar-refractivity contribution in [2.24, 2.45) is 5.92 Å². The van der Waals surface area contributed by atoms with Crippen LogP contribution in [0.5, 0.6) is 5.75 Å². The molecule has 0 saturated heterocycles. The Labute approximate surface area is 111 Å². The van der Waals surface area contributed by atoms with Crippen LogP contribution in [0.4, 0.5) is 0 Å². The van der Waals surface area contributed by atoms with Crippen molar-refractivity contribution in [1.29, 1.82) is 0 Å². The zero-order chi connectivity index (χ0) is 13.3. The van der Waals surface area contributed by atoms with E-state index in [-0.39, 0.29) is 11.5 Å². The van der Waals surface area contributed by atoms with Crippen LogP contribution < -0.4 is 0 Å². The van der Waals surface area contributed by atoms with E-state index in [2.05, 4.69) is 15.9 Å². The van der Waals surface area contributed by atoms with Crippen molar-refractivity contribution in [3.8, 4) is 5.75 Å². The quantitative estimate of drug-likeness (QED) is 0.844. The van der Waals surface area contributed by atoms with Gasteiger partial charge in [0.2, 0.25) is 0 Å². The van der Waals surface area contributed by atoms with Gasteiger partial charge in [0.1, 0.15) is 5.75 Å². The first-order valence-electron chi connectivity index (χ1n) is 5.78. The Morgan fingerprint density at radius 2 is 1.71 bits per heavy atom. The molecule has 0 aliphatic rings. The molecule has 0 aromatic heterocycles. The van der Waals surface area contributed by atoms with Crippen LogP contribution in [-0.2, 0) is 0 Å². The van der Waals surface area contributed by atoms with Gasteiger partial charge in [0.25, 0.3) is 0 Å². The van der Waals surface area contributed by atoms with Crippen molar-refractivity contribution >= 4 is 21.7 Å². The maximum atomic E-state index is 12.1. The highest BCUT2D eigenvalue weighted by molar-refractivity contribution is 9.10. The minimum atomic E-state index is 0.0128. The Kier molecular flexibility index (Phi) is 4.36. The third kappa shape index (κ3) is 2.71. The van der Waals surface area contributed by atoms with E-state index in [4.69, 9.17) is 0 Å². The van der Waals surface area contributed by atoms with Crippen LogP contribution in [0.1, 0.15) is 47.3 Å². The second-order valence-corrected chi connectivity index (χ2v) is 5.73. The molecule has 1 N–H and O–H groups in total. The molecular formula is C14H19BrO2. The van der Waals surface area contributed by atoms with E-state index in [1.54, 1.807) is 0 Å². The van der Waals surface area contributed by atoms with E-state index in [1.807, 2.05) is 34.6 Å². The first-order valence-corrected chi connectivity index (χ1v) is 6.58. The lowest BCUT2D eigenvalue weighted by Crippen LogP contribution is -2.08. The summed E-state index contributed by atoms with van der Waals surface area (Å²) >= 11 is 3.49. The lowest BCUT2D eigenvalue weighted by atomic mass is 9.93. The molecule has 2 nitrogen and oxygen atoms in total. The van der Waals surface area contributed by atoms with Crippen LogP contribution in [0.15, 0.2) is 4.47 Å². The van der Waals surface area contributed by atoms with Gasteiger partial charge in [-0.1, -0.05) is 29.8 Å². The minimum Gasteiger partial charge on any atom is -0.507 e. The van der Waals surface area contributed by atoms with Crippen molar-refractivity contribution in [1.82, 2.24) is 0 Å². The highest BCUT2D eigenvalue weighted by Gasteiger charge is 2.21. The van der Waals surface area contributed by atoms with Gasteiger partial charge in [-0.05, 0) is 43.4 Å². The Bertz CT molecular complexity index is 433. The van der Waals surface area contributed by atoms with Gasteiger partial charge in [-0.15, -0.1) is 0 Å². The normalized spacial score (nSPS) is 11.0. The van der Waals surface area contributed by atoms with Gasteiger partial charge in [-0.2, -0.15) is 0 Å². The van der Waals surface area contributed by atoms with E-state index in [0.29, 0.717) is 17.9 Å². The fraction of sp³-hybridized carbons (Fsp3) is 0.500. The Hall–Kier alpha value is -0.830. The molecule has 0 aliphatic carbocycles. The SMILES string of the molecule is Cc1c(C)c(Br)c(C)c(C(=O)CC(C)C)c1O. The molecule has 94 valence electrons. The lowest BCUT2D eigenvalue weighted by Gasteiger charge is -2.16. The lowest BCUT2D eigenvalue weighted by molar-refractivity contribution is 0.0964. The van der Waals surface area contributed by atoms with Gasteiger partial charge in [0.15, 0.2) is 5.78 Å². The summed E-state index contributed by atoms with van der Waals surface area (Å²) in [4.78, 5) is 12.1. The van der Waals surface area contributed by atoms with E-state index in [1.165, 1.54) is 0 Å². The Morgan fingerprint density at radius 3 is 2.18 bits per heavy atom. The van der Waals surface area contributed by atoms with Crippen molar-refractivity contribution in [2.45, 2.75) is 41.0 Å². The smallest absolute Gasteiger partial charge is 0.167 e. The highest BCUT2D eigenvalue weighted by atomic mass is 79.9. The maximum Gasteiger partial charge on any atom is 0.167 e. The van der Waals surface area contributed by atoms with Crippen molar-refractivity contribution in [3.63, 3.8) is 0 Å². The standard InChI is InChI=1S/C14H19BrO2/c1-7(2)6-11(16)12-10(5)13(15)8(3)9(4)14(12)17/h7,17H,6H2,1-5H3. The number of ketones is 1. The summed E-state index contributed by atoms with van der Waals surface area (Å²) in [5.41, 5.74) is 3.06. The Morgan fingerprint density at radius 1 is 1.18 bits per heavy atom. The third-order valence-corrected chi connectivity index (χ3v) is 4.25. The Balaban J connectivity index is 3.39. The molecule has 0 radical (unpaired) electrons.